The molecule has 0 N–H and O–H groups in total. The maximum absolute atomic E-state index is 11.3. The lowest BCUT2D eigenvalue weighted by Crippen LogP contribution is -2.07. The average Bonchev–Trinajstić information content (AvgIpc) is 2.46. The van der Waals surface area contributed by atoms with E-state index < -0.39 is 0 Å². The van der Waals surface area contributed by atoms with Gasteiger partial charge in [-0.3, -0.25) is 4.79 Å². The highest BCUT2D eigenvalue weighted by Gasteiger charge is 2.41. The summed E-state index contributed by atoms with van der Waals surface area (Å²) >= 11 is 0. The molecule has 2 aliphatic rings. The summed E-state index contributed by atoms with van der Waals surface area (Å²) in [5.41, 5.74) is 1.01. The van der Waals surface area contributed by atoms with E-state index in [0.29, 0.717) is 18.1 Å². The maximum atomic E-state index is 11.3. The van der Waals surface area contributed by atoms with E-state index in [1.165, 1.54) is 0 Å². The Morgan fingerprint density at radius 1 is 1.64 bits per heavy atom. The smallest absolute Gasteiger partial charge is 0.161 e. The highest BCUT2D eigenvalue weighted by atomic mass is 16.5. The first kappa shape index (κ1) is 7.04. The molecule has 0 amide bonds. The van der Waals surface area contributed by atoms with Crippen LogP contribution in [0.5, 0.6) is 0 Å². The van der Waals surface area contributed by atoms with Crippen molar-refractivity contribution in [3.05, 3.63) is 11.6 Å². The van der Waals surface area contributed by atoms with Gasteiger partial charge in [0.15, 0.2) is 5.78 Å². The first-order chi connectivity index (χ1) is 5.33. The second kappa shape index (κ2) is 2.45. The fourth-order valence-corrected chi connectivity index (χ4v) is 2.09. The molecule has 0 aromatic carbocycles. The molecular weight excluding hydrogens is 140 g/mol. The molecule has 1 heterocycles. The van der Waals surface area contributed by atoms with Crippen LogP contribution in [0.2, 0.25) is 0 Å². The predicted octanol–water partition coefficient (Wildman–Crippen LogP) is 1.31. The number of carbonyl (C=O) groups excluding carboxylic acids is 1. The Kier molecular flexibility index (Phi) is 1.57. The van der Waals surface area contributed by atoms with Crippen LogP contribution in [0.25, 0.3) is 0 Å². The molecule has 2 nitrogen and oxygen atoms in total. The van der Waals surface area contributed by atoms with Crippen molar-refractivity contribution in [2.75, 3.05) is 6.61 Å². The quantitative estimate of drug-likeness (QED) is 0.489. The molecule has 11 heavy (non-hydrogen) atoms. The number of rotatable bonds is 0. The first-order valence-electron chi connectivity index (χ1n) is 4.14. The molecule has 0 bridgehead atoms. The standard InChI is InChI=1S/C9H12O2/c1-2-6-7-3-4-11-9(7)5-8(6)10/h2,7,9H,3-5H2,1H3. The van der Waals surface area contributed by atoms with Gasteiger partial charge in [-0.15, -0.1) is 0 Å². The minimum absolute atomic E-state index is 0.216. The molecule has 0 aromatic heterocycles. The number of fused-ring (bicyclic) bond motifs is 1. The van der Waals surface area contributed by atoms with Crippen LogP contribution in [0.4, 0.5) is 0 Å². The SMILES string of the molecule is CC=C1C(=O)CC2OCCC12. The normalized spacial score (nSPS) is 40.1. The van der Waals surface area contributed by atoms with E-state index in [4.69, 9.17) is 4.74 Å². The molecule has 0 aromatic rings. The van der Waals surface area contributed by atoms with E-state index in [1.807, 2.05) is 13.0 Å². The number of Topliss-reactive ketones (excluding diaryl/α,β-unsaturated/α-hetero) is 1. The van der Waals surface area contributed by atoms with Gasteiger partial charge in [0.1, 0.15) is 0 Å². The van der Waals surface area contributed by atoms with Gasteiger partial charge in [0.25, 0.3) is 0 Å². The molecule has 2 heteroatoms. The summed E-state index contributed by atoms with van der Waals surface area (Å²) in [6.07, 6.45) is 3.82. The Bertz CT molecular complexity index is 218. The fraction of sp³-hybridized carbons (Fsp3) is 0.667. The minimum atomic E-state index is 0.216. The number of hydrogen-bond acceptors (Lipinski definition) is 2. The maximum Gasteiger partial charge on any atom is 0.161 e. The third-order valence-electron chi connectivity index (χ3n) is 2.63. The van der Waals surface area contributed by atoms with Crippen molar-refractivity contribution in [3.8, 4) is 0 Å². The van der Waals surface area contributed by atoms with Crippen LogP contribution in [0, 0.1) is 5.92 Å². The van der Waals surface area contributed by atoms with Crippen LogP contribution in [-0.2, 0) is 9.53 Å². The van der Waals surface area contributed by atoms with Crippen LogP contribution < -0.4 is 0 Å². The molecule has 2 atom stereocenters. The molecule has 1 saturated carbocycles. The molecule has 0 spiro atoms. The Morgan fingerprint density at radius 2 is 2.45 bits per heavy atom. The molecule has 2 rings (SSSR count). The zero-order valence-electron chi connectivity index (χ0n) is 6.67. The van der Waals surface area contributed by atoms with Gasteiger partial charge in [0, 0.05) is 18.9 Å². The van der Waals surface area contributed by atoms with Gasteiger partial charge in [-0.05, 0) is 18.9 Å². The molecule has 1 aliphatic heterocycles. The summed E-state index contributed by atoms with van der Waals surface area (Å²) in [7, 11) is 0. The lowest BCUT2D eigenvalue weighted by Gasteiger charge is -2.05. The number of hydrogen-bond donors (Lipinski definition) is 0. The highest BCUT2D eigenvalue weighted by molar-refractivity contribution is 5.98. The third kappa shape index (κ3) is 0.932. The van der Waals surface area contributed by atoms with E-state index in [2.05, 4.69) is 0 Å². The largest absolute Gasteiger partial charge is 0.377 e. The average molecular weight is 152 g/mol. The van der Waals surface area contributed by atoms with Crippen molar-refractivity contribution in [1.82, 2.24) is 0 Å². The van der Waals surface area contributed by atoms with E-state index in [0.717, 1.165) is 18.6 Å². The zero-order valence-corrected chi connectivity index (χ0v) is 6.67. The Labute approximate surface area is 66.2 Å². The third-order valence-corrected chi connectivity index (χ3v) is 2.63. The molecule has 2 fully saturated rings. The van der Waals surface area contributed by atoms with E-state index >= 15 is 0 Å². The summed E-state index contributed by atoms with van der Waals surface area (Å²) < 4.78 is 5.42. The number of ketones is 1. The van der Waals surface area contributed by atoms with Gasteiger partial charge in [0.05, 0.1) is 6.10 Å². The van der Waals surface area contributed by atoms with Gasteiger partial charge in [-0.25, -0.2) is 0 Å². The van der Waals surface area contributed by atoms with Gasteiger partial charge in [0.2, 0.25) is 0 Å². The molecule has 0 radical (unpaired) electrons. The Balaban J connectivity index is 2.27. The van der Waals surface area contributed by atoms with Gasteiger partial charge >= 0.3 is 0 Å². The van der Waals surface area contributed by atoms with Crippen molar-refractivity contribution >= 4 is 5.78 Å². The minimum Gasteiger partial charge on any atom is -0.377 e. The van der Waals surface area contributed by atoms with Crippen LogP contribution in [0.15, 0.2) is 11.6 Å². The van der Waals surface area contributed by atoms with Crippen LogP contribution in [0.1, 0.15) is 19.8 Å². The zero-order chi connectivity index (χ0) is 7.84. The van der Waals surface area contributed by atoms with Crippen molar-refractivity contribution in [1.29, 1.82) is 0 Å². The summed E-state index contributed by atoms with van der Waals surface area (Å²) in [5.74, 6) is 0.717. The lowest BCUT2D eigenvalue weighted by atomic mass is 9.99. The first-order valence-corrected chi connectivity index (χ1v) is 4.14. The van der Waals surface area contributed by atoms with Crippen molar-refractivity contribution in [3.63, 3.8) is 0 Å². The summed E-state index contributed by atoms with van der Waals surface area (Å²) in [4.78, 5) is 11.3. The number of carbonyl (C=O) groups is 1. The number of allylic oxidation sites excluding steroid dienone is 1. The topological polar surface area (TPSA) is 26.3 Å². The highest BCUT2D eigenvalue weighted by Crippen LogP contribution is 2.37. The predicted molar refractivity (Wildman–Crippen MR) is 41.2 cm³/mol. The second-order valence-corrected chi connectivity index (χ2v) is 3.18. The Hall–Kier alpha value is -0.630. The van der Waals surface area contributed by atoms with E-state index in [1.54, 1.807) is 0 Å². The Morgan fingerprint density at radius 3 is 3.18 bits per heavy atom. The van der Waals surface area contributed by atoms with Crippen LogP contribution >= 0.6 is 0 Å². The van der Waals surface area contributed by atoms with Gasteiger partial charge in [-0.1, -0.05) is 6.08 Å². The summed E-state index contributed by atoms with van der Waals surface area (Å²) in [6, 6.07) is 0. The lowest BCUT2D eigenvalue weighted by molar-refractivity contribution is -0.115. The monoisotopic (exact) mass is 152 g/mol. The van der Waals surface area contributed by atoms with Crippen LogP contribution in [-0.4, -0.2) is 18.5 Å². The fourth-order valence-electron chi connectivity index (χ4n) is 2.09. The van der Waals surface area contributed by atoms with Gasteiger partial charge in [-0.2, -0.15) is 0 Å². The van der Waals surface area contributed by atoms with E-state index in [9.17, 15) is 4.79 Å². The van der Waals surface area contributed by atoms with Crippen molar-refractivity contribution < 1.29 is 9.53 Å². The summed E-state index contributed by atoms with van der Waals surface area (Å²) in [5, 5.41) is 0. The molecule has 60 valence electrons. The molecule has 2 unspecified atom stereocenters. The van der Waals surface area contributed by atoms with Gasteiger partial charge < -0.3 is 4.74 Å². The molecule has 1 aliphatic carbocycles. The van der Waals surface area contributed by atoms with E-state index in [-0.39, 0.29) is 6.10 Å². The van der Waals surface area contributed by atoms with Crippen LogP contribution in [0.3, 0.4) is 0 Å². The number of ether oxygens (including phenoxy) is 1. The molecular formula is C9H12O2. The molecule has 1 saturated heterocycles. The van der Waals surface area contributed by atoms with Crippen molar-refractivity contribution in [2.45, 2.75) is 25.9 Å². The van der Waals surface area contributed by atoms with Crippen molar-refractivity contribution in [2.24, 2.45) is 5.92 Å². The second-order valence-electron chi connectivity index (χ2n) is 3.18. The summed E-state index contributed by atoms with van der Waals surface area (Å²) in [6.45, 7) is 2.77.